The van der Waals surface area contributed by atoms with Crippen LogP contribution in [0.4, 0.5) is 13.2 Å². The van der Waals surface area contributed by atoms with E-state index >= 15 is 0 Å². The van der Waals surface area contributed by atoms with E-state index in [1.807, 2.05) is 30.5 Å². The molecule has 3 aromatic rings. The Labute approximate surface area is 149 Å². The Morgan fingerprint density at radius 2 is 1.73 bits per heavy atom. The minimum Gasteiger partial charge on any atom is -0.361 e. The van der Waals surface area contributed by atoms with Crippen LogP contribution in [0, 0.1) is 0 Å². The van der Waals surface area contributed by atoms with Crippen LogP contribution in [0.3, 0.4) is 0 Å². The fraction of sp³-hybridized carbons (Fsp3) is 0.250. The van der Waals surface area contributed by atoms with Crippen molar-refractivity contribution in [2.45, 2.75) is 31.5 Å². The summed E-state index contributed by atoms with van der Waals surface area (Å²) in [6, 6.07) is 12.3. The van der Waals surface area contributed by atoms with Gasteiger partial charge in [-0.25, -0.2) is 0 Å². The van der Waals surface area contributed by atoms with E-state index in [4.69, 9.17) is 5.73 Å². The summed E-state index contributed by atoms with van der Waals surface area (Å²) in [4.78, 5) is 15.4. The van der Waals surface area contributed by atoms with Crippen LogP contribution in [0.15, 0.2) is 54.7 Å². The molecule has 136 valence electrons. The van der Waals surface area contributed by atoms with E-state index in [-0.39, 0.29) is 24.2 Å². The number of Topliss-reactive ketones (excluding diaryl/α,β-unsaturated/α-hetero) is 1. The van der Waals surface area contributed by atoms with Crippen LogP contribution in [-0.2, 0) is 23.8 Å². The molecule has 0 saturated carbocycles. The Balaban J connectivity index is 1.65. The quantitative estimate of drug-likeness (QED) is 0.690. The standard InChI is InChI=1S/C20H19F3N2O/c21-20(22,23)16-7-3-1-5-13(16)9-10-19(26)17(24)11-14-12-25-18-8-4-2-6-15(14)18/h1-8,12,17,25H,9-11,24H2. The van der Waals surface area contributed by atoms with Gasteiger partial charge in [-0.1, -0.05) is 36.4 Å². The number of aromatic amines is 1. The number of carbonyl (C=O) groups is 1. The van der Waals surface area contributed by atoms with Gasteiger partial charge >= 0.3 is 6.18 Å². The third kappa shape index (κ3) is 3.96. The molecule has 2 aromatic carbocycles. The van der Waals surface area contributed by atoms with Crippen LogP contribution in [0.25, 0.3) is 10.9 Å². The summed E-state index contributed by atoms with van der Waals surface area (Å²) in [7, 11) is 0. The van der Waals surface area contributed by atoms with Crippen molar-refractivity contribution in [3.63, 3.8) is 0 Å². The number of rotatable bonds is 6. The molecule has 1 heterocycles. The van der Waals surface area contributed by atoms with Crippen LogP contribution >= 0.6 is 0 Å². The summed E-state index contributed by atoms with van der Waals surface area (Å²) < 4.78 is 39.1. The first kappa shape index (κ1) is 18.2. The highest BCUT2D eigenvalue weighted by Gasteiger charge is 2.32. The number of hydrogen-bond donors (Lipinski definition) is 2. The first-order valence-electron chi connectivity index (χ1n) is 8.34. The molecule has 3 rings (SSSR count). The molecule has 1 atom stereocenters. The van der Waals surface area contributed by atoms with Crippen molar-refractivity contribution in [3.05, 3.63) is 71.4 Å². The summed E-state index contributed by atoms with van der Waals surface area (Å²) in [6.45, 7) is 0. The SMILES string of the molecule is NC(Cc1c[nH]c2ccccc12)C(=O)CCc1ccccc1C(F)(F)F. The van der Waals surface area contributed by atoms with Gasteiger partial charge in [-0.15, -0.1) is 0 Å². The maximum atomic E-state index is 13.0. The molecule has 0 amide bonds. The Morgan fingerprint density at radius 3 is 2.50 bits per heavy atom. The Bertz CT molecular complexity index is 915. The molecule has 6 heteroatoms. The first-order chi connectivity index (χ1) is 12.4. The van der Waals surface area contributed by atoms with Gasteiger partial charge in [0.15, 0.2) is 0 Å². The molecule has 26 heavy (non-hydrogen) atoms. The van der Waals surface area contributed by atoms with E-state index in [1.165, 1.54) is 12.1 Å². The largest absolute Gasteiger partial charge is 0.416 e. The fourth-order valence-corrected chi connectivity index (χ4v) is 3.11. The van der Waals surface area contributed by atoms with E-state index < -0.39 is 17.8 Å². The molecule has 0 saturated heterocycles. The topological polar surface area (TPSA) is 58.9 Å². The molecule has 3 nitrogen and oxygen atoms in total. The summed E-state index contributed by atoms with van der Waals surface area (Å²) in [6.07, 6.45) is -2.25. The van der Waals surface area contributed by atoms with Crippen molar-refractivity contribution < 1.29 is 18.0 Å². The average molecular weight is 360 g/mol. The van der Waals surface area contributed by atoms with E-state index in [2.05, 4.69) is 4.98 Å². The van der Waals surface area contributed by atoms with Crippen LogP contribution in [0.1, 0.15) is 23.1 Å². The minimum atomic E-state index is -4.42. The highest BCUT2D eigenvalue weighted by atomic mass is 19.4. The lowest BCUT2D eigenvalue weighted by Crippen LogP contribution is -2.33. The van der Waals surface area contributed by atoms with Gasteiger partial charge in [0.05, 0.1) is 11.6 Å². The lowest BCUT2D eigenvalue weighted by Gasteiger charge is -2.14. The van der Waals surface area contributed by atoms with Crippen LogP contribution < -0.4 is 5.73 Å². The van der Waals surface area contributed by atoms with Crippen molar-refractivity contribution in [1.82, 2.24) is 4.98 Å². The molecule has 0 aliphatic rings. The van der Waals surface area contributed by atoms with Crippen LogP contribution in [-0.4, -0.2) is 16.8 Å². The molecule has 1 unspecified atom stereocenters. The van der Waals surface area contributed by atoms with Gasteiger partial charge in [-0.2, -0.15) is 13.2 Å². The maximum Gasteiger partial charge on any atom is 0.416 e. The number of benzene rings is 2. The number of aromatic nitrogens is 1. The normalized spacial score (nSPS) is 13.1. The second kappa shape index (κ2) is 7.33. The van der Waals surface area contributed by atoms with E-state index in [0.717, 1.165) is 22.5 Å². The highest BCUT2D eigenvalue weighted by Crippen LogP contribution is 2.32. The summed E-state index contributed by atoms with van der Waals surface area (Å²) in [5.74, 6) is -0.243. The average Bonchev–Trinajstić information content (AvgIpc) is 3.02. The zero-order chi connectivity index (χ0) is 18.7. The maximum absolute atomic E-state index is 13.0. The van der Waals surface area contributed by atoms with Gasteiger partial charge in [-0.05, 0) is 36.1 Å². The molecule has 0 spiro atoms. The third-order valence-corrected chi connectivity index (χ3v) is 4.49. The molecule has 0 aliphatic carbocycles. The lowest BCUT2D eigenvalue weighted by molar-refractivity contribution is -0.138. The second-order valence-corrected chi connectivity index (χ2v) is 6.29. The van der Waals surface area contributed by atoms with Crippen molar-refractivity contribution in [2.75, 3.05) is 0 Å². The van der Waals surface area contributed by atoms with Gasteiger partial charge in [0.2, 0.25) is 0 Å². The number of nitrogens with two attached hydrogens (primary N) is 1. The highest BCUT2D eigenvalue weighted by molar-refractivity contribution is 5.87. The summed E-state index contributed by atoms with van der Waals surface area (Å²) in [5, 5.41) is 0.998. The van der Waals surface area contributed by atoms with E-state index in [1.54, 1.807) is 6.07 Å². The van der Waals surface area contributed by atoms with Gasteiger partial charge in [0.25, 0.3) is 0 Å². The van der Waals surface area contributed by atoms with Gasteiger partial charge in [0.1, 0.15) is 5.78 Å². The number of para-hydroxylation sites is 1. The molecule has 1 aromatic heterocycles. The molecule has 3 N–H and O–H groups in total. The number of aryl methyl sites for hydroxylation is 1. The second-order valence-electron chi connectivity index (χ2n) is 6.29. The molecule has 0 fully saturated rings. The monoisotopic (exact) mass is 360 g/mol. The molecular weight excluding hydrogens is 341 g/mol. The number of hydrogen-bond acceptors (Lipinski definition) is 2. The number of fused-ring (bicyclic) bond motifs is 1. The van der Waals surface area contributed by atoms with Gasteiger partial charge < -0.3 is 10.7 Å². The first-order valence-corrected chi connectivity index (χ1v) is 8.34. The number of H-pyrrole nitrogens is 1. The number of alkyl halides is 3. The fourth-order valence-electron chi connectivity index (χ4n) is 3.11. The van der Waals surface area contributed by atoms with Crippen LogP contribution in [0.5, 0.6) is 0 Å². The number of halogens is 3. The predicted molar refractivity (Wildman–Crippen MR) is 94.8 cm³/mol. The molecular formula is C20H19F3N2O. The van der Waals surface area contributed by atoms with Crippen molar-refractivity contribution in [1.29, 1.82) is 0 Å². The zero-order valence-corrected chi connectivity index (χ0v) is 14.0. The Morgan fingerprint density at radius 1 is 1.04 bits per heavy atom. The Kier molecular flexibility index (Phi) is 5.13. The molecule has 0 bridgehead atoms. The van der Waals surface area contributed by atoms with Crippen LogP contribution in [0.2, 0.25) is 0 Å². The van der Waals surface area contributed by atoms with Gasteiger partial charge in [0, 0.05) is 23.5 Å². The van der Waals surface area contributed by atoms with E-state index in [9.17, 15) is 18.0 Å². The number of ketones is 1. The summed E-state index contributed by atoms with van der Waals surface area (Å²) >= 11 is 0. The third-order valence-electron chi connectivity index (χ3n) is 4.49. The Hall–Kier alpha value is -2.60. The smallest absolute Gasteiger partial charge is 0.361 e. The lowest BCUT2D eigenvalue weighted by atomic mass is 9.96. The van der Waals surface area contributed by atoms with Crippen molar-refractivity contribution in [3.8, 4) is 0 Å². The number of nitrogens with one attached hydrogen (secondary N) is 1. The van der Waals surface area contributed by atoms with Crippen molar-refractivity contribution >= 4 is 16.7 Å². The minimum absolute atomic E-state index is 0.0172. The summed E-state index contributed by atoms with van der Waals surface area (Å²) in [5.41, 5.74) is 7.31. The van der Waals surface area contributed by atoms with E-state index in [0.29, 0.717) is 6.42 Å². The van der Waals surface area contributed by atoms with Crippen molar-refractivity contribution in [2.24, 2.45) is 5.73 Å². The predicted octanol–water partition coefficient (Wildman–Crippen LogP) is 4.26. The zero-order valence-electron chi connectivity index (χ0n) is 14.0. The molecule has 0 radical (unpaired) electrons. The van der Waals surface area contributed by atoms with Gasteiger partial charge in [-0.3, -0.25) is 4.79 Å². The molecule has 0 aliphatic heterocycles. The number of carbonyl (C=O) groups excluding carboxylic acids is 1.